The number of fused-ring (bicyclic) bond motifs is 1. The van der Waals surface area contributed by atoms with Gasteiger partial charge < -0.3 is 14.8 Å². The van der Waals surface area contributed by atoms with Crippen molar-refractivity contribution in [1.82, 2.24) is 15.1 Å². The van der Waals surface area contributed by atoms with Crippen LogP contribution in [0.2, 0.25) is 0 Å². The second-order valence-electron chi connectivity index (χ2n) is 4.82. The molecule has 0 spiro atoms. The Morgan fingerprint density at radius 3 is 3.05 bits per heavy atom. The average molecular weight is 375 g/mol. The predicted molar refractivity (Wildman–Crippen MR) is 86.0 cm³/mol. The number of nitrogens with zero attached hydrogens (tertiary/aromatic N) is 2. The van der Waals surface area contributed by atoms with Crippen LogP contribution in [0, 0.1) is 0 Å². The summed E-state index contributed by atoms with van der Waals surface area (Å²) in [6.45, 7) is 4.06. The van der Waals surface area contributed by atoms with E-state index < -0.39 is 0 Å². The number of nitrogens with one attached hydrogen (secondary N) is 1. The molecule has 0 bridgehead atoms. The molecular formula is C14H17BrClN3O2. The molecule has 114 valence electrons. The van der Waals surface area contributed by atoms with E-state index in [0.29, 0.717) is 12.8 Å². The highest BCUT2D eigenvalue weighted by molar-refractivity contribution is 9.10. The predicted octanol–water partition coefficient (Wildman–Crippen LogP) is 2.97. The van der Waals surface area contributed by atoms with Crippen LogP contribution in [0.15, 0.2) is 35.1 Å². The van der Waals surface area contributed by atoms with Gasteiger partial charge in [0.05, 0.1) is 11.0 Å². The molecule has 1 unspecified atom stereocenters. The van der Waals surface area contributed by atoms with E-state index in [1.807, 2.05) is 23.0 Å². The molecule has 1 N–H and O–H groups in total. The monoisotopic (exact) mass is 373 g/mol. The first kappa shape index (κ1) is 16.1. The van der Waals surface area contributed by atoms with E-state index in [-0.39, 0.29) is 12.4 Å². The molecule has 1 atom stereocenters. The number of rotatable bonds is 5. The summed E-state index contributed by atoms with van der Waals surface area (Å²) in [6, 6.07) is 6.34. The SMILES string of the molecule is CC(Cn1cccn1)NCc1cc(Br)c2c(c1)OCO2.Cl. The number of hydrogen-bond acceptors (Lipinski definition) is 4. The Hall–Kier alpha value is -1.24. The second-order valence-corrected chi connectivity index (χ2v) is 5.68. The minimum absolute atomic E-state index is 0. The highest BCUT2D eigenvalue weighted by Gasteiger charge is 2.18. The highest BCUT2D eigenvalue weighted by atomic mass is 79.9. The molecule has 21 heavy (non-hydrogen) atoms. The van der Waals surface area contributed by atoms with Gasteiger partial charge in [-0.05, 0) is 46.6 Å². The Kier molecular flexibility index (Phi) is 5.50. The number of halogens is 2. The van der Waals surface area contributed by atoms with Crippen LogP contribution in [0.25, 0.3) is 0 Å². The number of aromatic nitrogens is 2. The molecule has 2 aromatic rings. The van der Waals surface area contributed by atoms with Gasteiger partial charge in [0.15, 0.2) is 11.5 Å². The molecule has 5 nitrogen and oxygen atoms in total. The lowest BCUT2D eigenvalue weighted by Crippen LogP contribution is -2.30. The summed E-state index contributed by atoms with van der Waals surface area (Å²) in [4.78, 5) is 0. The summed E-state index contributed by atoms with van der Waals surface area (Å²) in [5.74, 6) is 1.59. The van der Waals surface area contributed by atoms with Gasteiger partial charge in [0, 0.05) is 25.0 Å². The number of benzene rings is 1. The largest absolute Gasteiger partial charge is 0.454 e. The zero-order valence-electron chi connectivity index (χ0n) is 11.6. The Bertz CT molecular complexity index is 592. The number of hydrogen-bond donors (Lipinski definition) is 1. The van der Waals surface area contributed by atoms with Crippen LogP contribution in [0.4, 0.5) is 0 Å². The molecule has 1 aromatic carbocycles. The Morgan fingerprint density at radius 1 is 1.43 bits per heavy atom. The van der Waals surface area contributed by atoms with Crippen LogP contribution in [-0.4, -0.2) is 22.6 Å². The van der Waals surface area contributed by atoms with E-state index in [4.69, 9.17) is 9.47 Å². The molecule has 0 aliphatic carbocycles. The Morgan fingerprint density at radius 2 is 2.29 bits per heavy atom. The maximum Gasteiger partial charge on any atom is 0.231 e. The molecule has 7 heteroatoms. The summed E-state index contributed by atoms with van der Waals surface area (Å²) in [7, 11) is 0. The molecular weight excluding hydrogens is 358 g/mol. The number of ether oxygens (including phenoxy) is 2. The molecule has 0 saturated carbocycles. The van der Waals surface area contributed by atoms with Crippen molar-refractivity contribution in [2.75, 3.05) is 6.79 Å². The fourth-order valence-electron chi connectivity index (χ4n) is 2.17. The van der Waals surface area contributed by atoms with Crippen molar-refractivity contribution in [2.24, 2.45) is 0 Å². The molecule has 3 rings (SSSR count). The lowest BCUT2D eigenvalue weighted by Gasteiger charge is -2.14. The van der Waals surface area contributed by atoms with Gasteiger partial charge in [-0.3, -0.25) is 4.68 Å². The summed E-state index contributed by atoms with van der Waals surface area (Å²) >= 11 is 3.51. The van der Waals surface area contributed by atoms with Crippen molar-refractivity contribution in [3.8, 4) is 11.5 Å². The van der Waals surface area contributed by atoms with Gasteiger partial charge >= 0.3 is 0 Å². The van der Waals surface area contributed by atoms with Crippen LogP contribution >= 0.6 is 28.3 Å². The maximum atomic E-state index is 5.42. The molecule has 1 aromatic heterocycles. The third kappa shape index (κ3) is 3.90. The van der Waals surface area contributed by atoms with Gasteiger partial charge in [-0.15, -0.1) is 12.4 Å². The fraction of sp³-hybridized carbons (Fsp3) is 0.357. The quantitative estimate of drug-likeness (QED) is 0.874. The second kappa shape index (κ2) is 7.15. The van der Waals surface area contributed by atoms with Crippen molar-refractivity contribution >= 4 is 28.3 Å². The smallest absolute Gasteiger partial charge is 0.231 e. The van der Waals surface area contributed by atoms with E-state index >= 15 is 0 Å². The summed E-state index contributed by atoms with van der Waals surface area (Å²) in [5, 5.41) is 7.68. The Balaban J connectivity index is 0.00000161. The highest BCUT2D eigenvalue weighted by Crippen LogP contribution is 2.39. The average Bonchev–Trinajstić information content (AvgIpc) is 3.07. The standard InChI is InChI=1S/C14H16BrN3O2.ClH/c1-10(8-18-4-2-3-17-18)16-7-11-5-12(15)14-13(6-11)19-9-20-14;/h2-6,10,16H,7-9H2,1H3;1H. The Labute approximate surface area is 138 Å². The molecule has 0 radical (unpaired) electrons. The van der Waals surface area contributed by atoms with Crippen molar-refractivity contribution in [1.29, 1.82) is 0 Å². The third-order valence-corrected chi connectivity index (χ3v) is 3.75. The minimum Gasteiger partial charge on any atom is -0.454 e. The molecule has 2 heterocycles. The van der Waals surface area contributed by atoms with Crippen molar-refractivity contribution < 1.29 is 9.47 Å². The summed E-state index contributed by atoms with van der Waals surface area (Å²) < 4.78 is 13.7. The first-order chi connectivity index (χ1) is 9.72. The van der Waals surface area contributed by atoms with Gasteiger partial charge in [-0.1, -0.05) is 0 Å². The minimum atomic E-state index is 0. The van der Waals surface area contributed by atoms with E-state index in [1.165, 1.54) is 0 Å². The lowest BCUT2D eigenvalue weighted by atomic mass is 10.2. The van der Waals surface area contributed by atoms with Crippen LogP contribution < -0.4 is 14.8 Å². The first-order valence-electron chi connectivity index (χ1n) is 6.51. The topological polar surface area (TPSA) is 48.3 Å². The van der Waals surface area contributed by atoms with Crippen LogP contribution in [0.1, 0.15) is 12.5 Å². The molecule has 0 saturated heterocycles. The van der Waals surface area contributed by atoms with E-state index in [9.17, 15) is 0 Å². The van der Waals surface area contributed by atoms with Gasteiger partial charge in [-0.25, -0.2) is 0 Å². The zero-order valence-corrected chi connectivity index (χ0v) is 14.0. The van der Waals surface area contributed by atoms with Gasteiger partial charge in [0.2, 0.25) is 6.79 Å². The van der Waals surface area contributed by atoms with Crippen LogP contribution in [0.5, 0.6) is 11.5 Å². The lowest BCUT2D eigenvalue weighted by molar-refractivity contribution is 0.173. The van der Waals surface area contributed by atoms with Crippen molar-refractivity contribution in [3.05, 3.63) is 40.6 Å². The van der Waals surface area contributed by atoms with Crippen LogP contribution in [0.3, 0.4) is 0 Å². The van der Waals surface area contributed by atoms with Gasteiger partial charge in [0.25, 0.3) is 0 Å². The van der Waals surface area contributed by atoms with Crippen LogP contribution in [-0.2, 0) is 13.1 Å². The summed E-state index contributed by atoms with van der Waals surface area (Å²) in [6.07, 6.45) is 3.76. The van der Waals surface area contributed by atoms with E-state index in [0.717, 1.165) is 34.6 Å². The van der Waals surface area contributed by atoms with Crippen molar-refractivity contribution in [2.45, 2.75) is 26.1 Å². The zero-order chi connectivity index (χ0) is 13.9. The summed E-state index contributed by atoms with van der Waals surface area (Å²) in [5.41, 5.74) is 1.16. The molecule has 1 aliphatic rings. The van der Waals surface area contributed by atoms with E-state index in [1.54, 1.807) is 6.20 Å². The van der Waals surface area contributed by atoms with E-state index in [2.05, 4.69) is 39.3 Å². The molecule has 1 aliphatic heterocycles. The maximum absolute atomic E-state index is 5.42. The fourth-order valence-corrected chi connectivity index (χ4v) is 2.77. The first-order valence-corrected chi connectivity index (χ1v) is 7.30. The van der Waals surface area contributed by atoms with Gasteiger partial charge in [-0.2, -0.15) is 5.10 Å². The van der Waals surface area contributed by atoms with Crippen molar-refractivity contribution in [3.63, 3.8) is 0 Å². The van der Waals surface area contributed by atoms with Gasteiger partial charge in [0.1, 0.15) is 0 Å². The third-order valence-electron chi connectivity index (χ3n) is 3.16. The molecule has 0 amide bonds. The molecule has 0 fully saturated rings. The normalized spacial score (nSPS) is 13.8.